The Morgan fingerprint density at radius 1 is 1.12 bits per heavy atom. The molecule has 3 unspecified atom stereocenters. The van der Waals surface area contributed by atoms with Gasteiger partial charge in [-0.15, -0.1) is 12.4 Å². The average molecular weight is 364 g/mol. The first-order valence-electron chi connectivity index (χ1n) is 9.41. The second kappa shape index (κ2) is 7.77. The van der Waals surface area contributed by atoms with Crippen LogP contribution < -0.4 is 5.32 Å². The zero-order chi connectivity index (χ0) is 17.5. The van der Waals surface area contributed by atoms with Crippen LogP contribution in [0.15, 0.2) is 29.3 Å². The molecular formula is C21H34ClN3. The number of halogens is 1. The number of hydrogen-bond donors (Lipinski definition) is 1. The minimum absolute atomic E-state index is 0. The van der Waals surface area contributed by atoms with Gasteiger partial charge in [0.1, 0.15) is 0 Å². The van der Waals surface area contributed by atoms with Crippen molar-refractivity contribution in [2.24, 2.45) is 4.99 Å². The molecule has 4 atom stereocenters. The van der Waals surface area contributed by atoms with Gasteiger partial charge in [-0.25, -0.2) is 0 Å². The van der Waals surface area contributed by atoms with Gasteiger partial charge in [-0.2, -0.15) is 0 Å². The van der Waals surface area contributed by atoms with E-state index in [4.69, 9.17) is 4.99 Å². The third kappa shape index (κ3) is 4.45. The van der Waals surface area contributed by atoms with Crippen molar-refractivity contribution < 1.29 is 0 Å². The Kier molecular flexibility index (Phi) is 6.35. The largest absolute Gasteiger partial charge is 0.280 e. The molecule has 0 spiro atoms. The molecule has 1 saturated heterocycles. The third-order valence-corrected chi connectivity index (χ3v) is 5.70. The lowest BCUT2D eigenvalue weighted by Crippen LogP contribution is -2.52. The van der Waals surface area contributed by atoms with Crippen LogP contribution in [0.5, 0.6) is 0 Å². The Balaban J connectivity index is 0.00000225. The monoisotopic (exact) mass is 363 g/mol. The van der Waals surface area contributed by atoms with E-state index in [2.05, 4.69) is 76.0 Å². The Morgan fingerprint density at radius 3 is 2.32 bits per heavy atom. The first-order valence-corrected chi connectivity index (χ1v) is 9.41. The summed E-state index contributed by atoms with van der Waals surface area (Å²) in [5.74, 6) is 0.605. The van der Waals surface area contributed by atoms with Gasteiger partial charge in [-0.05, 0) is 43.7 Å². The summed E-state index contributed by atoms with van der Waals surface area (Å²) in [7, 11) is 0. The fourth-order valence-electron chi connectivity index (χ4n) is 4.21. The molecule has 2 aliphatic heterocycles. The number of hydrogen-bond acceptors (Lipinski definition) is 3. The molecule has 1 aromatic rings. The highest BCUT2D eigenvalue weighted by molar-refractivity contribution is 5.85. The highest BCUT2D eigenvalue weighted by Gasteiger charge is 2.37. The number of nitrogens with one attached hydrogen (secondary N) is 1. The molecule has 0 radical (unpaired) electrons. The summed E-state index contributed by atoms with van der Waals surface area (Å²) in [5, 5.41) is 3.66. The van der Waals surface area contributed by atoms with Gasteiger partial charge in [-0.3, -0.25) is 15.2 Å². The lowest BCUT2D eigenvalue weighted by atomic mass is 9.84. The van der Waals surface area contributed by atoms with E-state index in [1.54, 1.807) is 0 Å². The average Bonchev–Trinajstić information content (AvgIpc) is 2.87. The predicted octanol–water partition coefficient (Wildman–Crippen LogP) is 4.71. The minimum atomic E-state index is 0. The zero-order valence-corrected chi connectivity index (χ0v) is 17.4. The van der Waals surface area contributed by atoms with Crippen LogP contribution in [0.4, 0.5) is 0 Å². The van der Waals surface area contributed by atoms with Crippen molar-refractivity contribution in [3.05, 3.63) is 35.4 Å². The van der Waals surface area contributed by atoms with E-state index < -0.39 is 0 Å². The second-order valence-corrected chi connectivity index (χ2v) is 8.76. The van der Waals surface area contributed by atoms with Crippen molar-refractivity contribution in [3.8, 4) is 0 Å². The summed E-state index contributed by atoms with van der Waals surface area (Å²) in [6.07, 6.45) is 2.44. The van der Waals surface area contributed by atoms with Gasteiger partial charge in [0.05, 0.1) is 0 Å². The second-order valence-electron chi connectivity index (χ2n) is 8.76. The van der Waals surface area contributed by atoms with E-state index in [0.717, 1.165) is 13.0 Å². The molecular weight excluding hydrogens is 330 g/mol. The van der Waals surface area contributed by atoms with Crippen molar-refractivity contribution >= 4 is 18.1 Å². The lowest BCUT2D eigenvalue weighted by molar-refractivity contribution is 0.144. The summed E-state index contributed by atoms with van der Waals surface area (Å²) in [6, 6.07) is 10.4. The van der Waals surface area contributed by atoms with Crippen LogP contribution in [0.25, 0.3) is 0 Å². The minimum Gasteiger partial charge on any atom is -0.280 e. The summed E-state index contributed by atoms with van der Waals surface area (Å²) in [5.41, 5.74) is 4.39. The van der Waals surface area contributed by atoms with E-state index in [9.17, 15) is 0 Å². The maximum absolute atomic E-state index is 4.87. The van der Waals surface area contributed by atoms with Gasteiger partial charge in [0.15, 0.2) is 6.29 Å². The van der Waals surface area contributed by atoms with Crippen LogP contribution in [0, 0.1) is 0 Å². The standard InChI is InChI=1S/C21H33N3.ClH/c1-14-13-15(2)23-20(22-14)24-12-11-19(16(24)3)17-7-9-18(10-8-17)21(4,5)6;/h7-10,14,16,19-20,22H,11-13H2,1-6H3;1H/t14?,16-,19?,20?;/m1./s1. The Hall–Kier alpha value is -0.900. The molecule has 1 aromatic carbocycles. The maximum atomic E-state index is 4.87. The summed E-state index contributed by atoms with van der Waals surface area (Å²) < 4.78 is 0. The van der Waals surface area contributed by atoms with Gasteiger partial charge in [0.25, 0.3) is 0 Å². The van der Waals surface area contributed by atoms with E-state index in [1.165, 1.54) is 23.3 Å². The molecule has 25 heavy (non-hydrogen) atoms. The highest BCUT2D eigenvalue weighted by atomic mass is 35.5. The molecule has 1 N–H and O–H groups in total. The van der Waals surface area contributed by atoms with Crippen molar-refractivity contribution in [3.63, 3.8) is 0 Å². The van der Waals surface area contributed by atoms with E-state index in [1.807, 2.05) is 0 Å². The van der Waals surface area contributed by atoms with E-state index in [0.29, 0.717) is 18.0 Å². The number of aliphatic imine (C=N–C) groups is 1. The lowest BCUT2D eigenvalue weighted by Gasteiger charge is -2.36. The molecule has 0 aromatic heterocycles. The predicted molar refractivity (Wildman–Crippen MR) is 110 cm³/mol. The quantitative estimate of drug-likeness (QED) is 0.823. The van der Waals surface area contributed by atoms with Crippen LogP contribution in [0.2, 0.25) is 0 Å². The van der Waals surface area contributed by atoms with Crippen molar-refractivity contribution in [2.45, 2.75) is 84.1 Å². The molecule has 3 rings (SSSR count). The Bertz CT molecular complexity index is 603. The maximum Gasteiger partial charge on any atom is 0.156 e. The van der Waals surface area contributed by atoms with E-state index in [-0.39, 0.29) is 24.1 Å². The molecule has 1 fully saturated rings. The molecule has 2 heterocycles. The summed E-state index contributed by atoms with van der Waals surface area (Å²) >= 11 is 0. The van der Waals surface area contributed by atoms with Crippen LogP contribution in [-0.4, -0.2) is 35.5 Å². The van der Waals surface area contributed by atoms with Gasteiger partial charge in [0.2, 0.25) is 0 Å². The normalized spacial score (nSPS) is 30.7. The van der Waals surface area contributed by atoms with Crippen LogP contribution in [-0.2, 0) is 5.41 Å². The molecule has 3 nitrogen and oxygen atoms in total. The van der Waals surface area contributed by atoms with Crippen molar-refractivity contribution in [1.82, 2.24) is 10.2 Å². The number of likely N-dealkylation sites (tertiary alicyclic amines) is 1. The fourth-order valence-corrected chi connectivity index (χ4v) is 4.21. The van der Waals surface area contributed by atoms with Gasteiger partial charge in [-0.1, -0.05) is 45.0 Å². The molecule has 4 heteroatoms. The molecule has 2 aliphatic rings. The van der Waals surface area contributed by atoms with Crippen molar-refractivity contribution in [1.29, 1.82) is 0 Å². The summed E-state index contributed by atoms with van der Waals surface area (Å²) in [4.78, 5) is 7.41. The van der Waals surface area contributed by atoms with Crippen LogP contribution in [0.1, 0.15) is 71.4 Å². The molecule has 0 bridgehead atoms. The number of benzene rings is 1. The number of rotatable bonds is 2. The van der Waals surface area contributed by atoms with Gasteiger partial charge >= 0.3 is 0 Å². The summed E-state index contributed by atoms with van der Waals surface area (Å²) in [6.45, 7) is 14.7. The smallest absolute Gasteiger partial charge is 0.156 e. The zero-order valence-electron chi connectivity index (χ0n) is 16.5. The van der Waals surface area contributed by atoms with Gasteiger partial charge in [0, 0.05) is 36.7 Å². The topological polar surface area (TPSA) is 27.6 Å². The Labute approximate surface area is 159 Å². The first kappa shape index (κ1) is 20.4. The van der Waals surface area contributed by atoms with Crippen molar-refractivity contribution in [2.75, 3.05) is 6.54 Å². The third-order valence-electron chi connectivity index (χ3n) is 5.70. The van der Waals surface area contributed by atoms with Crippen LogP contribution in [0.3, 0.4) is 0 Å². The van der Waals surface area contributed by atoms with Crippen LogP contribution >= 0.6 is 12.4 Å². The van der Waals surface area contributed by atoms with E-state index >= 15 is 0 Å². The number of nitrogens with zero attached hydrogens (tertiary/aromatic N) is 2. The molecule has 0 saturated carbocycles. The molecule has 0 aliphatic carbocycles. The molecule has 0 amide bonds. The Morgan fingerprint density at radius 2 is 1.76 bits per heavy atom. The first-order chi connectivity index (χ1) is 11.3. The molecule has 140 valence electrons. The fraction of sp³-hybridized carbons (Fsp3) is 0.667. The SMILES string of the molecule is CC1=NC(N2CCC(c3ccc(C(C)(C)C)cc3)[C@H]2C)NC(C)C1.Cl. The van der Waals surface area contributed by atoms with Gasteiger partial charge < -0.3 is 0 Å². The highest BCUT2D eigenvalue weighted by Crippen LogP contribution is 2.36.